The zero-order chi connectivity index (χ0) is 11.5. The van der Waals surface area contributed by atoms with E-state index in [0.29, 0.717) is 0 Å². The fourth-order valence-electron chi connectivity index (χ4n) is 1.07. The lowest BCUT2D eigenvalue weighted by atomic mass is 10.4. The van der Waals surface area contributed by atoms with Crippen molar-refractivity contribution in [2.75, 3.05) is 25.4 Å². The van der Waals surface area contributed by atoms with Gasteiger partial charge in [0.1, 0.15) is 0 Å². The van der Waals surface area contributed by atoms with Crippen LogP contribution in [0.2, 0.25) is 0 Å². The van der Waals surface area contributed by atoms with E-state index in [-0.39, 0.29) is 11.2 Å². The Balaban J connectivity index is 3.42. The van der Waals surface area contributed by atoms with Crippen molar-refractivity contribution in [3.8, 4) is 0 Å². The second kappa shape index (κ2) is 10.3. The molecule has 0 aliphatic carbocycles. The Morgan fingerprint density at radius 3 is 2.67 bits per heavy atom. The summed E-state index contributed by atoms with van der Waals surface area (Å²) in [6.07, 6.45) is 2.39. The first-order valence-electron chi connectivity index (χ1n) is 5.82. The first-order chi connectivity index (χ1) is 7.22. The highest BCUT2D eigenvalue weighted by atomic mass is 32.2. The van der Waals surface area contributed by atoms with Crippen LogP contribution in [0.3, 0.4) is 0 Å². The zero-order valence-electron chi connectivity index (χ0n) is 10.1. The minimum Gasteiger partial charge on any atom is -0.354 e. The lowest BCUT2D eigenvalue weighted by molar-refractivity contribution is -0.120. The van der Waals surface area contributed by atoms with E-state index in [1.54, 1.807) is 11.8 Å². The fraction of sp³-hybridized carbons (Fsp3) is 0.909. The van der Waals surface area contributed by atoms with Crippen LogP contribution in [0.1, 0.15) is 33.6 Å². The van der Waals surface area contributed by atoms with E-state index in [9.17, 15) is 4.79 Å². The maximum absolute atomic E-state index is 11.5. The second-order valence-electron chi connectivity index (χ2n) is 3.51. The number of hydrogen-bond acceptors (Lipinski definition) is 3. The summed E-state index contributed by atoms with van der Waals surface area (Å²) in [5.74, 6) is 1.24. The van der Waals surface area contributed by atoms with Crippen molar-refractivity contribution in [1.82, 2.24) is 10.6 Å². The van der Waals surface area contributed by atoms with Gasteiger partial charge in [0.2, 0.25) is 5.91 Å². The van der Waals surface area contributed by atoms with Gasteiger partial charge < -0.3 is 10.6 Å². The fourth-order valence-corrected chi connectivity index (χ4v) is 2.12. The van der Waals surface area contributed by atoms with Crippen LogP contribution in [0.4, 0.5) is 0 Å². The van der Waals surface area contributed by atoms with E-state index in [0.717, 1.165) is 25.4 Å². The van der Waals surface area contributed by atoms with Crippen molar-refractivity contribution in [2.24, 2.45) is 0 Å². The Morgan fingerprint density at radius 1 is 1.33 bits per heavy atom. The predicted molar refractivity (Wildman–Crippen MR) is 68.4 cm³/mol. The minimum absolute atomic E-state index is 0.0816. The highest BCUT2D eigenvalue weighted by Crippen LogP contribution is 2.12. The van der Waals surface area contributed by atoms with Crippen LogP contribution >= 0.6 is 11.8 Å². The van der Waals surface area contributed by atoms with Crippen LogP contribution in [-0.4, -0.2) is 36.5 Å². The minimum atomic E-state index is 0.0816. The van der Waals surface area contributed by atoms with Gasteiger partial charge in [-0.3, -0.25) is 4.79 Å². The average molecular weight is 232 g/mol. The van der Waals surface area contributed by atoms with E-state index in [4.69, 9.17) is 0 Å². The van der Waals surface area contributed by atoms with Crippen LogP contribution < -0.4 is 10.6 Å². The molecule has 0 aromatic rings. The van der Waals surface area contributed by atoms with Gasteiger partial charge in [0.15, 0.2) is 0 Å². The molecular weight excluding hydrogens is 208 g/mol. The molecule has 1 unspecified atom stereocenters. The molecular formula is C11H24N2OS. The van der Waals surface area contributed by atoms with E-state index in [1.807, 2.05) is 6.92 Å². The summed E-state index contributed by atoms with van der Waals surface area (Å²) in [6, 6.07) is 0. The Kier molecular flexibility index (Phi) is 10.2. The largest absolute Gasteiger partial charge is 0.354 e. The van der Waals surface area contributed by atoms with Crippen molar-refractivity contribution in [3.63, 3.8) is 0 Å². The van der Waals surface area contributed by atoms with Gasteiger partial charge in [0, 0.05) is 13.1 Å². The Bertz CT molecular complexity index is 165. The molecule has 3 nitrogen and oxygen atoms in total. The van der Waals surface area contributed by atoms with Gasteiger partial charge >= 0.3 is 0 Å². The molecule has 15 heavy (non-hydrogen) atoms. The normalized spacial score (nSPS) is 12.5. The molecule has 0 aromatic carbocycles. The number of nitrogens with one attached hydrogen (secondary N) is 2. The summed E-state index contributed by atoms with van der Waals surface area (Å²) in [5, 5.41) is 6.18. The molecule has 90 valence electrons. The topological polar surface area (TPSA) is 41.1 Å². The van der Waals surface area contributed by atoms with Crippen molar-refractivity contribution >= 4 is 17.7 Å². The highest BCUT2D eigenvalue weighted by molar-refractivity contribution is 8.00. The third-order valence-corrected chi connectivity index (χ3v) is 3.32. The summed E-state index contributed by atoms with van der Waals surface area (Å²) in [7, 11) is 0. The van der Waals surface area contributed by atoms with Crippen LogP contribution in [0, 0.1) is 0 Å². The first-order valence-corrected chi connectivity index (χ1v) is 6.87. The maximum Gasteiger partial charge on any atom is 0.232 e. The van der Waals surface area contributed by atoms with E-state index in [2.05, 4.69) is 24.5 Å². The molecule has 0 saturated heterocycles. The molecule has 1 amide bonds. The Morgan fingerprint density at radius 2 is 2.07 bits per heavy atom. The van der Waals surface area contributed by atoms with Crippen molar-refractivity contribution in [1.29, 1.82) is 0 Å². The molecule has 0 aliphatic rings. The van der Waals surface area contributed by atoms with Gasteiger partial charge in [-0.2, -0.15) is 0 Å². The third kappa shape index (κ3) is 8.75. The number of likely N-dealkylation sites (N-methyl/N-ethyl adjacent to an activating group) is 1. The van der Waals surface area contributed by atoms with Gasteiger partial charge in [-0.15, -0.1) is 11.8 Å². The van der Waals surface area contributed by atoms with Gasteiger partial charge in [0.25, 0.3) is 0 Å². The summed E-state index contributed by atoms with van der Waals surface area (Å²) in [6.45, 7) is 8.74. The average Bonchev–Trinajstić information content (AvgIpc) is 2.24. The molecule has 2 N–H and O–H groups in total. The summed E-state index contributed by atoms with van der Waals surface area (Å²) >= 11 is 1.74. The number of unbranched alkanes of at least 4 members (excludes halogenated alkanes) is 1. The molecule has 0 aliphatic heterocycles. The predicted octanol–water partition coefficient (Wildman–Crippen LogP) is 1.63. The molecule has 0 aromatic heterocycles. The summed E-state index contributed by atoms with van der Waals surface area (Å²) in [5.41, 5.74) is 0. The monoisotopic (exact) mass is 232 g/mol. The van der Waals surface area contributed by atoms with E-state index >= 15 is 0 Å². The van der Waals surface area contributed by atoms with E-state index in [1.165, 1.54) is 12.8 Å². The first kappa shape index (κ1) is 14.8. The molecule has 4 heteroatoms. The van der Waals surface area contributed by atoms with Gasteiger partial charge in [-0.1, -0.05) is 20.3 Å². The van der Waals surface area contributed by atoms with E-state index < -0.39 is 0 Å². The van der Waals surface area contributed by atoms with Gasteiger partial charge in [-0.25, -0.2) is 0 Å². The molecule has 1 atom stereocenters. The maximum atomic E-state index is 11.5. The molecule has 0 bridgehead atoms. The number of rotatable bonds is 9. The Labute approximate surface area is 97.8 Å². The summed E-state index contributed by atoms with van der Waals surface area (Å²) < 4.78 is 0. The molecule has 0 heterocycles. The van der Waals surface area contributed by atoms with Gasteiger partial charge in [-0.05, 0) is 25.6 Å². The molecule has 0 rings (SSSR count). The van der Waals surface area contributed by atoms with Gasteiger partial charge in [0.05, 0.1) is 5.25 Å². The lowest BCUT2D eigenvalue weighted by Crippen LogP contribution is -2.36. The standard InChI is InChI=1S/C11H24N2OS/c1-4-6-9-15-10(3)11(14)13-8-7-12-5-2/h10,12H,4-9H2,1-3H3,(H,13,14). The highest BCUT2D eigenvalue weighted by Gasteiger charge is 2.11. The quantitative estimate of drug-likeness (QED) is 0.594. The second-order valence-corrected chi connectivity index (χ2v) is 4.96. The van der Waals surface area contributed by atoms with Crippen LogP contribution in [0.25, 0.3) is 0 Å². The van der Waals surface area contributed by atoms with Crippen LogP contribution in [0.15, 0.2) is 0 Å². The number of hydrogen-bond donors (Lipinski definition) is 2. The van der Waals surface area contributed by atoms with Crippen LogP contribution in [-0.2, 0) is 4.79 Å². The smallest absolute Gasteiger partial charge is 0.232 e. The van der Waals surface area contributed by atoms with Crippen molar-refractivity contribution < 1.29 is 4.79 Å². The van der Waals surface area contributed by atoms with Crippen molar-refractivity contribution in [3.05, 3.63) is 0 Å². The number of amides is 1. The molecule has 0 radical (unpaired) electrons. The SMILES string of the molecule is CCCCSC(C)C(=O)NCCNCC. The molecule has 0 saturated carbocycles. The number of carbonyl (C=O) groups is 1. The lowest BCUT2D eigenvalue weighted by Gasteiger charge is -2.11. The zero-order valence-corrected chi connectivity index (χ0v) is 11.0. The number of thioether (sulfide) groups is 1. The number of carbonyl (C=O) groups excluding carboxylic acids is 1. The van der Waals surface area contributed by atoms with Crippen molar-refractivity contribution in [2.45, 2.75) is 38.9 Å². The Hall–Kier alpha value is -0.220. The molecule has 0 spiro atoms. The molecule has 0 fully saturated rings. The summed E-state index contributed by atoms with van der Waals surface area (Å²) in [4.78, 5) is 11.5. The third-order valence-electron chi connectivity index (χ3n) is 2.09. The van der Waals surface area contributed by atoms with Crippen LogP contribution in [0.5, 0.6) is 0 Å².